The molecule has 0 aliphatic rings. The minimum absolute atomic E-state index is 0.699. The summed E-state index contributed by atoms with van der Waals surface area (Å²) in [4.78, 5) is 10.6. The van der Waals surface area contributed by atoms with Crippen LogP contribution in [0.3, 0.4) is 0 Å². The van der Waals surface area contributed by atoms with Crippen LogP contribution in [-0.4, -0.2) is 10.9 Å². The molecule has 1 heterocycles. The van der Waals surface area contributed by atoms with Gasteiger partial charge in [-0.25, -0.2) is 0 Å². The van der Waals surface area contributed by atoms with E-state index in [2.05, 4.69) is 22.8 Å². The lowest BCUT2D eigenvalue weighted by Gasteiger charge is -2.05. The van der Waals surface area contributed by atoms with Crippen LogP contribution in [0, 0.1) is 0 Å². The van der Waals surface area contributed by atoms with Gasteiger partial charge in [-0.2, -0.15) is 0 Å². The van der Waals surface area contributed by atoms with Crippen LogP contribution < -0.4 is 0 Å². The lowest BCUT2D eigenvalue weighted by molar-refractivity contribution is 0.112. The summed E-state index contributed by atoms with van der Waals surface area (Å²) in [5.74, 6) is 0. The number of fused-ring (bicyclic) bond motifs is 1. The first-order valence-electron chi connectivity index (χ1n) is 5.50. The molecule has 0 radical (unpaired) electrons. The molecule has 3 aromatic rings. The van der Waals surface area contributed by atoms with E-state index in [4.69, 9.17) is 0 Å². The van der Waals surface area contributed by atoms with Crippen LogP contribution >= 0.6 is 0 Å². The van der Waals surface area contributed by atoms with E-state index in [0.29, 0.717) is 5.56 Å². The number of benzene rings is 2. The second-order valence-corrected chi connectivity index (χ2v) is 3.95. The summed E-state index contributed by atoms with van der Waals surface area (Å²) in [6.45, 7) is 0. The van der Waals surface area contributed by atoms with Gasteiger partial charge < -0.3 is 4.57 Å². The molecule has 2 nitrogen and oxygen atoms in total. The van der Waals surface area contributed by atoms with Gasteiger partial charge in [-0.1, -0.05) is 18.2 Å². The highest BCUT2D eigenvalue weighted by Gasteiger charge is 2.01. The molecule has 0 N–H and O–H groups in total. The molecule has 0 saturated heterocycles. The van der Waals surface area contributed by atoms with Crippen molar-refractivity contribution < 1.29 is 4.79 Å². The van der Waals surface area contributed by atoms with Gasteiger partial charge in [-0.3, -0.25) is 4.79 Å². The second kappa shape index (κ2) is 3.91. The number of aldehydes is 1. The summed E-state index contributed by atoms with van der Waals surface area (Å²) >= 11 is 0. The van der Waals surface area contributed by atoms with Crippen LogP contribution in [0.25, 0.3) is 16.6 Å². The second-order valence-electron chi connectivity index (χ2n) is 3.95. The Hall–Kier alpha value is -2.35. The zero-order chi connectivity index (χ0) is 11.7. The molecule has 3 rings (SSSR count). The maximum atomic E-state index is 10.6. The molecule has 0 saturated carbocycles. The fourth-order valence-electron chi connectivity index (χ4n) is 2.02. The minimum atomic E-state index is 0.699. The topological polar surface area (TPSA) is 22.0 Å². The van der Waals surface area contributed by atoms with E-state index < -0.39 is 0 Å². The number of hydrogen-bond acceptors (Lipinski definition) is 1. The van der Waals surface area contributed by atoms with E-state index in [1.165, 1.54) is 10.9 Å². The van der Waals surface area contributed by atoms with Crippen molar-refractivity contribution in [2.45, 2.75) is 0 Å². The number of carbonyl (C=O) groups is 1. The predicted octanol–water partition coefficient (Wildman–Crippen LogP) is 3.44. The van der Waals surface area contributed by atoms with Crippen molar-refractivity contribution in [1.82, 2.24) is 4.57 Å². The Morgan fingerprint density at radius 2 is 1.65 bits per heavy atom. The Bertz CT molecular complexity index is 665. The zero-order valence-corrected chi connectivity index (χ0v) is 9.21. The van der Waals surface area contributed by atoms with Crippen molar-refractivity contribution in [3.63, 3.8) is 0 Å². The fourth-order valence-corrected chi connectivity index (χ4v) is 2.02. The number of para-hydroxylation sites is 1. The Labute approximate surface area is 99.1 Å². The van der Waals surface area contributed by atoms with E-state index in [-0.39, 0.29) is 0 Å². The van der Waals surface area contributed by atoms with E-state index in [9.17, 15) is 4.79 Å². The van der Waals surface area contributed by atoms with E-state index >= 15 is 0 Å². The third-order valence-electron chi connectivity index (χ3n) is 2.91. The summed E-state index contributed by atoms with van der Waals surface area (Å²) in [7, 11) is 0. The van der Waals surface area contributed by atoms with Crippen molar-refractivity contribution in [3.8, 4) is 5.69 Å². The largest absolute Gasteiger partial charge is 0.317 e. The molecule has 0 spiro atoms. The number of rotatable bonds is 2. The number of nitrogens with zero attached hydrogens (tertiary/aromatic N) is 1. The minimum Gasteiger partial charge on any atom is -0.317 e. The van der Waals surface area contributed by atoms with Gasteiger partial charge in [0.25, 0.3) is 0 Å². The maximum absolute atomic E-state index is 10.6. The summed E-state index contributed by atoms with van der Waals surface area (Å²) in [6, 6.07) is 17.9. The van der Waals surface area contributed by atoms with Gasteiger partial charge >= 0.3 is 0 Å². The van der Waals surface area contributed by atoms with Crippen molar-refractivity contribution in [1.29, 1.82) is 0 Å². The molecule has 2 heteroatoms. The first kappa shape index (κ1) is 9.85. The van der Waals surface area contributed by atoms with Crippen LogP contribution in [0.15, 0.2) is 60.8 Å². The summed E-state index contributed by atoms with van der Waals surface area (Å²) in [5, 5.41) is 1.21. The molecule has 0 amide bonds. The Morgan fingerprint density at radius 3 is 2.41 bits per heavy atom. The zero-order valence-electron chi connectivity index (χ0n) is 9.21. The summed E-state index contributed by atoms with van der Waals surface area (Å²) in [5.41, 5.74) is 2.94. The van der Waals surface area contributed by atoms with Gasteiger partial charge in [-0.15, -0.1) is 0 Å². The van der Waals surface area contributed by atoms with Crippen LogP contribution in [0.4, 0.5) is 0 Å². The van der Waals surface area contributed by atoms with Crippen molar-refractivity contribution in [2.75, 3.05) is 0 Å². The van der Waals surface area contributed by atoms with Crippen LogP contribution in [0.2, 0.25) is 0 Å². The number of aromatic nitrogens is 1. The molecule has 82 valence electrons. The monoisotopic (exact) mass is 221 g/mol. The highest BCUT2D eigenvalue weighted by atomic mass is 16.1. The van der Waals surface area contributed by atoms with Gasteiger partial charge in [-0.05, 0) is 41.8 Å². The van der Waals surface area contributed by atoms with Crippen molar-refractivity contribution >= 4 is 17.2 Å². The maximum Gasteiger partial charge on any atom is 0.150 e. The van der Waals surface area contributed by atoms with Crippen LogP contribution in [0.5, 0.6) is 0 Å². The Morgan fingerprint density at radius 1 is 0.882 bits per heavy atom. The molecular weight excluding hydrogens is 210 g/mol. The van der Waals surface area contributed by atoms with Crippen molar-refractivity contribution in [2.24, 2.45) is 0 Å². The van der Waals surface area contributed by atoms with Gasteiger partial charge in [0.15, 0.2) is 0 Å². The van der Waals surface area contributed by atoms with Gasteiger partial charge in [0.05, 0.1) is 5.52 Å². The SMILES string of the molecule is O=Cc1ccc(-n2ccc3ccccc32)cc1. The average molecular weight is 221 g/mol. The van der Waals surface area contributed by atoms with Crippen LogP contribution in [0.1, 0.15) is 10.4 Å². The van der Waals surface area contributed by atoms with Gasteiger partial charge in [0.2, 0.25) is 0 Å². The molecule has 0 bridgehead atoms. The molecule has 1 aromatic heterocycles. The highest BCUT2D eigenvalue weighted by Crippen LogP contribution is 2.20. The van der Waals surface area contributed by atoms with Gasteiger partial charge in [0.1, 0.15) is 6.29 Å². The van der Waals surface area contributed by atoms with E-state index in [1.54, 1.807) is 0 Å². The smallest absolute Gasteiger partial charge is 0.150 e. The van der Waals surface area contributed by atoms with Gasteiger partial charge in [0, 0.05) is 17.4 Å². The highest BCUT2D eigenvalue weighted by molar-refractivity contribution is 5.82. The molecule has 0 atom stereocenters. The van der Waals surface area contributed by atoms with Crippen LogP contribution in [-0.2, 0) is 0 Å². The normalized spacial score (nSPS) is 10.6. The number of hydrogen-bond donors (Lipinski definition) is 0. The quantitative estimate of drug-likeness (QED) is 0.607. The third-order valence-corrected chi connectivity index (χ3v) is 2.91. The number of carbonyl (C=O) groups excluding carboxylic acids is 1. The Balaban J connectivity index is 2.16. The lowest BCUT2D eigenvalue weighted by Crippen LogP contribution is -1.91. The first-order valence-corrected chi connectivity index (χ1v) is 5.50. The summed E-state index contributed by atoms with van der Waals surface area (Å²) < 4.78 is 2.11. The van der Waals surface area contributed by atoms with Crippen molar-refractivity contribution in [3.05, 3.63) is 66.4 Å². The average Bonchev–Trinajstić information content (AvgIpc) is 2.83. The lowest BCUT2D eigenvalue weighted by atomic mass is 10.2. The summed E-state index contributed by atoms with van der Waals surface area (Å²) in [6.07, 6.45) is 2.90. The molecule has 0 fully saturated rings. The standard InChI is InChI=1S/C15H11NO/c17-11-12-5-7-14(8-6-12)16-10-9-13-3-1-2-4-15(13)16/h1-11H. The molecular formula is C15H11NO. The van der Waals surface area contributed by atoms with E-state index in [1.807, 2.05) is 42.6 Å². The van der Waals surface area contributed by atoms with E-state index in [0.717, 1.165) is 12.0 Å². The molecule has 0 aliphatic heterocycles. The molecule has 17 heavy (non-hydrogen) atoms. The Kier molecular flexibility index (Phi) is 2.26. The fraction of sp³-hybridized carbons (Fsp3) is 0. The molecule has 0 aliphatic carbocycles. The molecule has 2 aromatic carbocycles. The molecule has 0 unspecified atom stereocenters. The third kappa shape index (κ3) is 1.64. The first-order chi connectivity index (χ1) is 8.38. The predicted molar refractivity (Wildman–Crippen MR) is 68.7 cm³/mol.